The summed E-state index contributed by atoms with van der Waals surface area (Å²) in [4.78, 5) is 0. The molecule has 0 heteroatoms. The van der Waals surface area contributed by atoms with E-state index in [9.17, 15) is 0 Å². The van der Waals surface area contributed by atoms with Gasteiger partial charge in [-0.3, -0.25) is 0 Å². The van der Waals surface area contributed by atoms with E-state index >= 15 is 0 Å². The van der Waals surface area contributed by atoms with Crippen LogP contribution in [0.25, 0.3) is 0 Å². The van der Waals surface area contributed by atoms with E-state index < -0.39 is 0 Å². The lowest BCUT2D eigenvalue weighted by Crippen LogP contribution is -1.84. The van der Waals surface area contributed by atoms with E-state index in [2.05, 4.69) is 26.0 Å². The van der Waals surface area contributed by atoms with Gasteiger partial charge in [0.05, 0.1) is 0 Å². The van der Waals surface area contributed by atoms with Crippen LogP contribution in [0, 0.1) is 0 Å². The second-order valence-electron chi connectivity index (χ2n) is 13.4. The van der Waals surface area contributed by atoms with Crippen molar-refractivity contribution in [2.24, 2.45) is 0 Å². The second kappa shape index (κ2) is 38.7. The summed E-state index contributed by atoms with van der Waals surface area (Å²) < 4.78 is 0. The highest BCUT2D eigenvalue weighted by Gasteiger charge is 1.96. The number of hydrogen-bond acceptors (Lipinski definition) is 0. The Labute approximate surface area is 256 Å². The van der Waals surface area contributed by atoms with Crippen molar-refractivity contribution in [1.29, 1.82) is 0 Å². The zero-order chi connectivity index (χ0) is 28.9. The third-order valence-electron chi connectivity index (χ3n) is 9.12. The van der Waals surface area contributed by atoms with Crippen molar-refractivity contribution in [3.05, 3.63) is 12.2 Å². The number of rotatable bonds is 36. The van der Waals surface area contributed by atoms with E-state index in [1.54, 1.807) is 0 Å². The Morgan fingerprint density at radius 1 is 0.200 bits per heavy atom. The van der Waals surface area contributed by atoms with Gasteiger partial charge in [-0.2, -0.15) is 0 Å². The van der Waals surface area contributed by atoms with Crippen molar-refractivity contribution in [3.8, 4) is 0 Å². The molecule has 0 unspecified atom stereocenters. The van der Waals surface area contributed by atoms with Gasteiger partial charge in [0, 0.05) is 0 Å². The van der Waals surface area contributed by atoms with Crippen LogP contribution in [0.15, 0.2) is 12.2 Å². The maximum Gasteiger partial charge on any atom is -0.0351 e. The van der Waals surface area contributed by atoms with Crippen LogP contribution in [0.1, 0.15) is 245 Å². The maximum atomic E-state index is 2.47. The van der Waals surface area contributed by atoms with Crippen molar-refractivity contribution >= 4 is 0 Å². The summed E-state index contributed by atoms with van der Waals surface area (Å²) in [6.45, 7) is 4.61. The molecule has 0 rings (SSSR count). The summed E-state index contributed by atoms with van der Waals surface area (Å²) in [5, 5.41) is 0. The van der Waals surface area contributed by atoms with Crippen LogP contribution in [-0.2, 0) is 0 Å². The molecule has 240 valence electrons. The topological polar surface area (TPSA) is 0 Å². The lowest BCUT2D eigenvalue weighted by Gasteiger charge is -2.03. The first-order valence-corrected chi connectivity index (χ1v) is 19.6. The molecule has 0 aliphatic rings. The standard InChI is InChI=1S/C40H80/c1-3-5-7-9-11-13-15-17-19-21-23-25-27-29-31-33-35-37-39-40-38-36-34-32-30-28-26-24-22-20-18-16-14-12-10-8-6-4-2/h39-40H,3-38H2,1-2H3/b40-39+. The first-order chi connectivity index (χ1) is 19.9. The first-order valence-electron chi connectivity index (χ1n) is 19.6. The van der Waals surface area contributed by atoms with Gasteiger partial charge in [-0.15, -0.1) is 0 Å². The third-order valence-corrected chi connectivity index (χ3v) is 9.12. The van der Waals surface area contributed by atoms with Crippen molar-refractivity contribution in [3.63, 3.8) is 0 Å². The highest BCUT2D eigenvalue weighted by molar-refractivity contribution is 4.81. The zero-order valence-corrected chi connectivity index (χ0v) is 28.6. The van der Waals surface area contributed by atoms with Gasteiger partial charge in [0.15, 0.2) is 0 Å². The second-order valence-corrected chi connectivity index (χ2v) is 13.4. The van der Waals surface area contributed by atoms with Crippen molar-refractivity contribution in [2.75, 3.05) is 0 Å². The third kappa shape index (κ3) is 37.7. The molecule has 0 aromatic rings. The van der Waals surface area contributed by atoms with Gasteiger partial charge in [-0.25, -0.2) is 0 Å². The van der Waals surface area contributed by atoms with Crippen LogP contribution in [0.2, 0.25) is 0 Å². The average Bonchev–Trinajstić information content (AvgIpc) is 2.97. The monoisotopic (exact) mass is 561 g/mol. The molecule has 0 atom stereocenters. The largest absolute Gasteiger partial charge is 0.0885 e. The van der Waals surface area contributed by atoms with Gasteiger partial charge in [0.1, 0.15) is 0 Å². The Hall–Kier alpha value is -0.260. The number of allylic oxidation sites excluding steroid dienone is 2. The van der Waals surface area contributed by atoms with E-state index in [1.807, 2.05) is 0 Å². The summed E-state index contributed by atoms with van der Waals surface area (Å²) in [6.07, 6.45) is 57.4. The molecular weight excluding hydrogens is 480 g/mol. The van der Waals surface area contributed by atoms with Crippen LogP contribution in [0.4, 0.5) is 0 Å². The molecule has 0 spiro atoms. The van der Waals surface area contributed by atoms with E-state index in [1.165, 1.54) is 231 Å². The smallest absolute Gasteiger partial charge is 0.0351 e. The summed E-state index contributed by atoms with van der Waals surface area (Å²) in [6, 6.07) is 0. The number of hydrogen-bond donors (Lipinski definition) is 0. The Balaban J connectivity index is 3.08. The molecule has 0 nitrogen and oxygen atoms in total. The Morgan fingerprint density at radius 2 is 0.350 bits per heavy atom. The fraction of sp³-hybridized carbons (Fsp3) is 0.950. The van der Waals surface area contributed by atoms with Gasteiger partial charge in [0.2, 0.25) is 0 Å². The summed E-state index contributed by atoms with van der Waals surface area (Å²) in [5.41, 5.74) is 0. The fourth-order valence-corrected chi connectivity index (χ4v) is 6.21. The summed E-state index contributed by atoms with van der Waals surface area (Å²) >= 11 is 0. The van der Waals surface area contributed by atoms with Gasteiger partial charge in [-0.05, 0) is 25.7 Å². The molecule has 40 heavy (non-hydrogen) atoms. The Morgan fingerprint density at radius 3 is 0.525 bits per heavy atom. The molecule has 0 aromatic carbocycles. The molecule has 0 radical (unpaired) electrons. The molecule has 0 amide bonds. The van der Waals surface area contributed by atoms with Crippen LogP contribution in [0.3, 0.4) is 0 Å². The van der Waals surface area contributed by atoms with Gasteiger partial charge in [0.25, 0.3) is 0 Å². The minimum absolute atomic E-state index is 1.32. The lowest BCUT2D eigenvalue weighted by molar-refractivity contribution is 0.527. The van der Waals surface area contributed by atoms with Crippen LogP contribution in [-0.4, -0.2) is 0 Å². The van der Waals surface area contributed by atoms with Gasteiger partial charge < -0.3 is 0 Å². The van der Waals surface area contributed by atoms with Crippen molar-refractivity contribution < 1.29 is 0 Å². The SMILES string of the molecule is CCCCCCCCCCCCCCCCCCC/C=C/CCCCCCCCCCCCCCCCCCC. The van der Waals surface area contributed by atoms with Gasteiger partial charge >= 0.3 is 0 Å². The Bertz CT molecular complexity index is 395. The predicted molar refractivity (Wildman–Crippen MR) is 187 cm³/mol. The molecule has 0 aromatic heterocycles. The summed E-state index contributed by atoms with van der Waals surface area (Å²) in [7, 11) is 0. The fourth-order valence-electron chi connectivity index (χ4n) is 6.21. The van der Waals surface area contributed by atoms with E-state index in [0.29, 0.717) is 0 Å². The molecule has 0 heterocycles. The summed E-state index contributed by atoms with van der Waals surface area (Å²) in [5.74, 6) is 0. The maximum absolute atomic E-state index is 2.47. The van der Waals surface area contributed by atoms with Crippen molar-refractivity contribution in [1.82, 2.24) is 0 Å². The minimum atomic E-state index is 1.32. The molecule has 0 saturated carbocycles. The van der Waals surface area contributed by atoms with Crippen LogP contribution >= 0.6 is 0 Å². The lowest BCUT2D eigenvalue weighted by atomic mass is 10.0. The molecule has 0 aliphatic carbocycles. The first kappa shape index (κ1) is 39.7. The average molecular weight is 561 g/mol. The van der Waals surface area contributed by atoms with Crippen molar-refractivity contribution in [2.45, 2.75) is 245 Å². The normalized spacial score (nSPS) is 11.8. The number of unbranched alkanes of at least 4 members (excludes halogenated alkanes) is 34. The van der Waals surface area contributed by atoms with E-state index in [4.69, 9.17) is 0 Å². The van der Waals surface area contributed by atoms with E-state index in [-0.39, 0.29) is 0 Å². The minimum Gasteiger partial charge on any atom is -0.0885 e. The molecular formula is C40H80. The molecule has 0 aliphatic heterocycles. The Kier molecular flexibility index (Phi) is 38.5. The van der Waals surface area contributed by atoms with Crippen LogP contribution in [0.5, 0.6) is 0 Å². The zero-order valence-electron chi connectivity index (χ0n) is 28.6. The molecule has 0 N–H and O–H groups in total. The molecule has 0 saturated heterocycles. The van der Waals surface area contributed by atoms with Gasteiger partial charge in [-0.1, -0.05) is 231 Å². The van der Waals surface area contributed by atoms with Crippen LogP contribution < -0.4 is 0 Å². The van der Waals surface area contributed by atoms with E-state index in [0.717, 1.165) is 0 Å². The molecule has 0 bridgehead atoms. The molecule has 0 fully saturated rings. The highest BCUT2D eigenvalue weighted by atomic mass is 14.0. The quantitative estimate of drug-likeness (QED) is 0.0528. The predicted octanol–water partition coefficient (Wildman–Crippen LogP) is 15.6. The highest BCUT2D eigenvalue weighted by Crippen LogP contribution is 2.16.